The van der Waals surface area contributed by atoms with E-state index in [1.807, 2.05) is 24.3 Å². The van der Waals surface area contributed by atoms with E-state index in [0.717, 1.165) is 30.0 Å². The molecule has 0 radical (unpaired) electrons. The van der Waals surface area contributed by atoms with Crippen molar-refractivity contribution >= 4 is 23.4 Å². The Bertz CT molecular complexity index is 372. The fourth-order valence-corrected chi connectivity index (χ4v) is 3.04. The molecule has 4 heteroatoms. The maximum Gasteiger partial charge on any atom is 0.237 e. The Morgan fingerprint density at radius 1 is 1.35 bits per heavy atom. The lowest BCUT2D eigenvalue weighted by atomic mass is 10.2. The van der Waals surface area contributed by atoms with Crippen LogP contribution < -0.4 is 10.1 Å². The van der Waals surface area contributed by atoms with E-state index in [1.54, 1.807) is 18.9 Å². The molecular formula is C13H17NO2S. The summed E-state index contributed by atoms with van der Waals surface area (Å²) in [5.74, 6) is 2.02. The van der Waals surface area contributed by atoms with Crippen molar-refractivity contribution < 1.29 is 9.53 Å². The van der Waals surface area contributed by atoms with Gasteiger partial charge in [-0.15, -0.1) is 11.8 Å². The van der Waals surface area contributed by atoms with E-state index in [0.29, 0.717) is 0 Å². The molecule has 0 bridgehead atoms. The lowest BCUT2D eigenvalue weighted by Gasteiger charge is -2.20. The Hall–Kier alpha value is -1.16. The van der Waals surface area contributed by atoms with Crippen molar-refractivity contribution in [3.05, 3.63) is 24.3 Å². The van der Waals surface area contributed by atoms with E-state index >= 15 is 0 Å². The number of amides is 1. The predicted octanol–water partition coefficient (Wildman–Crippen LogP) is 2.92. The number of carbonyl (C=O) groups is 1. The molecule has 1 atom stereocenters. The molecule has 1 heterocycles. The van der Waals surface area contributed by atoms with E-state index < -0.39 is 0 Å². The molecule has 0 saturated carbocycles. The number of benzene rings is 1. The molecule has 17 heavy (non-hydrogen) atoms. The first-order valence-corrected chi connectivity index (χ1v) is 6.91. The van der Waals surface area contributed by atoms with Crippen molar-refractivity contribution in [1.82, 2.24) is 0 Å². The van der Waals surface area contributed by atoms with E-state index in [-0.39, 0.29) is 11.2 Å². The van der Waals surface area contributed by atoms with Gasteiger partial charge in [-0.3, -0.25) is 4.79 Å². The van der Waals surface area contributed by atoms with Crippen molar-refractivity contribution in [3.63, 3.8) is 0 Å². The zero-order valence-corrected chi connectivity index (χ0v) is 10.8. The number of nitrogens with one attached hydrogen (secondary N) is 1. The molecule has 0 aliphatic carbocycles. The van der Waals surface area contributed by atoms with Gasteiger partial charge in [-0.05, 0) is 42.9 Å². The van der Waals surface area contributed by atoms with Crippen LogP contribution in [0, 0.1) is 0 Å². The van der Waals surface area contributed by atoms with Gasteiger partial charge in [0.25, 0.3) is 0 Å². The molecule has 1 aromatic carbocycles. The summed E-state index contributed by atoms with van der Waals surface area (Å²) >= 11 is 1.76. The number of carbonyl (C=O) groups excluding carboxylic acids is 1. The molecule has 1 amide bonds. The van der Waals surface area contributed by atoms with Crippen LogP contribution in [0.5, 0.6) is 5.75 Å². The van der Waals surface area contributed by atoms with E-state index in [1.165, 1.54) is 6.42 Å². The van der Waals surface area contributed by atoms with Crippen LogP contribution in [0.1, 0.15) is 19.3 Å². The van der Waals surface area contributed by atoms with Crippen molar-refractivity contribution in [2.24, 2.45) is 0 Å². The van der Waals surface area contributed by atoms with Gasteiger partial charge in [-0.1, -0.05) is 6.42 Å². The highest BCUT2D eigenvalue weighted by atomic mass is 32.2. The van der Waals surface area contributed by atoms with Crippen molar-refractivity contribution in [1.29, 1.82) is 0 Å². The van der Waals surface area contributed by atoms with Crippen LogP contribution in [-0.4, -0.2) is 24.0 Å². The molecule has 3 nitrogen and oxygen atoms in total. The third-order valence-corrected chi connectivity index (χ3v) is 4.21. The van der Waals surface area contributed by atoms with Gasteiger partial charge >= 0.3 is 0 Å². The molecule has 1 N–H and O–H groups in total. The van der Waals surface area contributed by atoms with E-state index in [4.69, 9.17) is 4.74 Å². The summed E-state index contributed by atoms with van der Waals surface area (Å²) in [4.78, 5) is 12.0. The number of hydrogen-bond acceptors (Lipinski definition) is 3. The monoisotopic (exact) mass is 251 g/mol. The van der Waals surface area contributed by atoms with Crippen LogP contribution in [0.15, 0.2) is 24.3 Å². The quantitative estimate of drug-likeness (QED) is 0.897. The van der Waals surface area contributed by atoms with Crippen molar-refractivity contribution in [2.75, 3.05) is 18.2 Å². The average Bonchev–Trinajstić information content (AvgIpc) is 2.40. The molecule has 1 aliphatic rings. The van der Waals surface area contributed by atoms with Gasteiger partial charge in [-0.2, -0.15) is 0 Å². The second-order valence-corrected chi connectivity index (χ2v) is 5.38. The average molecular weight is 251 g/mol. The van der Waals surface area contributed by atoms with Gasteiger partial charge in [0.1, 0.15) is 5.75 Å². The molecule has 1 fully saturated rings. The Labute approximate surface area is 106 Å². The molecular weight excluding hydrogens is 234 g/mol. The molecule has 1 saturated heterocycles. The van der Waals surface area contributed by atoms with Crippen LogP contribution >= 0.6 is 11.8 Å². The maximum atomic E-state index is 12.0. The number of rotatable bonds is 3. The summed E-state index contributed by atoms with van der Waals surface area (Å²) in [5, 5.41) is 3.06. The second-order valence-electron chi connectivity index (χ2n) is 4.07. The minimum absolute atomic E-state index is 0.117. The molecule has 92 valence electrons. The molecule has 1 unspecified atom stereocenters. The van der Waals surface area contributed by atoms with Gasteiger partial charge in [0.15, 0.2) is 0 Å². The zero-order chi connectivity index (χ0) is 12.1. The first-order valence-electron chi connectivity index (χ1n) is 5.86. The normalized spacial score (nSPS) is 19.7. The lowest BCUT2D eigenvalue weighted by molar-refractivity contribution is -0.115. The van der Waals surface area contributed by atoms with Crippen molar-refractivity contribution in [2.45, 2.75) is 24.5 Å². The molecule has 1 aromatic rings. The molecule has 0 spiro atoms. The van der Waals surface area contributed by atoms with Crippen LogP contribution in [-0.2, 0) is 4.79 Å². The minimum Gasteiger partial charge on any atom is -0.497 e. The Morgan fingerprint density at radius 3 is 2.71 bits per heavy atom. The van der Waals surface area contributed by atoms with Crippen molar-refractivity contribution in [3.8, 4) is 5.75 Å². The van der Waals surface area contributed by atoms with Gasteiger partial charge in [0, 0.05) is 5.69 Å². The van der Waals surface area contributed by atoms with E-state index in [9.17, 15) is 4.79 Å². The van der Waals surface area contributed by atoms with Crippen LogP contribution in [0.3, 0.4) is 0 Å². The Balaban J connectivity index is 1.92. The predicted molar refractivity (Wildman–Crippen MR) is 71.7 cm³/mol. The first-order chi connectivity index (χ1) is 8.29. The topological polar surface area (TPSA) is 38.3 Å². The van der Waals surface area contributed by atoms with Gasteiger partial charge in [0.05, 0.1) is 12.4 Å². The summed E-state index contributed by atoms with van der Waals surface area (Å²) < 4.78 is 5.07. The van der Waals surface area contributed by atoms with Crippen LogP contribution in [0.2, 0.25) is 0 Å². The smallest absolute Gasteiger partial charge is 0.237 e. The number of hydrogen-bond donors (Lipinski definition) is 1. The second kappa shape index (κ2) is 5.96. The van der Waals surface area contributed by atoms with Gasteiger partial charge < -0.3 is 10.1 Å². The third-order valence-electron chi connectivity index (χ3n) is 2.83. The molecule has 0 aromatic heterocycles. The Morgan fingerprint density at radius 2 is 2.12 bits per heavy atom. The SMILES string of the molecule is COc1ccc(NC(=O)C2CCCCS2)cc1. The Kier molecular flexibility index (Phi) is 4.31. The highest BCUT2D eigenvalue weighted by Gasteiger charge is 2.21. The molecule has 2 rings (SSSR count). The number of ether oxygens (including phenoxy) is 1. The number of anilines is 1. The fourth-order valence-electron chi connectivity index (χ4n) is 1.84. The minimum atomic E-state index is 0.117. The summed E-state index contributed by atoms with van der Waals surface area (Å²) in [6.07, 6.45) is 3.39. The summed E-state index contributed by atoms with van der Waals surface area (Å²) in [7, 11) is 1.63. The van der Waals surface area contributed by atoms with Crippen LogP contribution in [0.25, 0.3) is 0 Å². The maximum absolute atomic E-state index is 12.0. The number of thioether (sulfide) groups is 1. The summed E-state index contributed by atoms with van der Waals surface area (Å²) in [5.41, 5.74) is 0.835. The summed E-state index contributed by atoms with van der Waals surface area (Å²) in [6.45, 7) is 0. The summed E-state index contributed by atoms with van der Waals surface area (Å²) in [6, 6.07) is 7.43. The first kappa shape index (κ1) is 12.3. The molecule has 1 aliphatic heterocycles. The third kappa shape index (κ3) is 3.40. The largest absolute Gasteiger partial charge is 0.497 e. The van der Waals surface area contributed by atoms with Gasteiger partial charge in [-0.25, -0.2) is 0 Å². The zero-order valence-electron chi connectivity index (χ0n) is 9.94. The number of methoxy groups -OCH3 is 1. The van der Waals surface area contributed by atoms with Crippen LogP contribution in [0.4, 0.5) is 5.69 Å². The van der Waals surface area contributed by atoms with E-state index in [2.05, 4.69) is 5.32 Å². The highest BCUT2D eigenvalue weighted by Crippen LogP contribution is 2.26. The highest BCUT2D eigenvalue weighted by molar-refractivity contribution is 8.00. The lowest BCUT2D eigenvalue weighted by Crippen LogP contribution is -2.27. The standard InChI is InChI=1S/C13H17NO2S/c1-16-11-7-5-10(6-8-11)14-13(15)12-4-2-3-9-17-12/h5-8,12H,2-4,9H2,1H3,(H,14,15). The fraction of sp³-hybridized carbons (Fsp3) is 0.462. The van der Waals surface area contributed by atoms with Gasteiger partial charge in [0.2, 0.25) is 5.91 Å².